The standard InChI is InChI=1S/C31H39N3O5S/c1-5-32-31(36)29(21-25-14-7-6-8-15-25)33(23-26-16-10-9-13-24(26)2)30(35)19-12-20-34(40(4,37)38)27-17-11-18-28(22-27)39-3/h6-11,13-18,22,29H,5,12,19-21,23H2,1-4H3,(H,32,36). The number of sulfonamides is 1. The lowest BCUT2D eigenvalue weighted by atomic mass is 10.0. The Balaban J connectivity index is 1.87. The van der Waals surface area contributed by atoms with E-state index in [9.17, 15) is 18.0 Å². The van der Waals surface area contributed by atoms with E-state index in [2.05, 4.69) is 5.32 Å². The zero-order valence-corrected chi connectivity index (χ0v) is 24.5. The summed E-state index contributed by atoms with van der Waals surface area (Å²) in [6, 6.07) is 23.5. The van der Waals surface area contributed by atoms with Gasteiger partial charge in [-0.1, -0.05) is 60.7 Å². The van der Waals surface area contributed by atoms with Crippen LogP contribution in [0.15, 0.2) is 78.9 Å². The number of methoxy groups -OCH3 is 1. The zero-order valence-electron chi connectivity index (χ0n) is 23.7. The Morgan fingerprint density at radius 2 is 1.68 bits per heavy atom. The molecule has 0 saturated carbocycles. The number of carbonyl (C=O) groups is 2. The number of nitrogens with one attached hydrogen (secondary N) is 1. The van der Waals surface area contributed by atoms with Gasteiger partial charge in [-0.25, -0.2) is 8.42 Å². The van der Waals surface area contributed by atoms with Gasteiger partial charge in [-0.2, -0.15) is 0 Å². The Kier molecular flexibility index (Phi) is 11.1. The summed E-state index contributed by atoms with van der Waals surface area (Å²) in [5.41, 5.74) is 3.39. The van der Waals surface area contributed by atoms with Gasteiger partial charge in [0.05, 0.1) is 19.1 Å². The van der Waals surface area contributed by atoms with Gasteiger partial charge in [-0.3, -0.25) is 13.9 Å². The molecule has 214 valence electrons. The van der Waals surface area contributed by atoms with Gasteiger partial charge in [-0.15, -0.1) is 0 Å². The van der Waals surface area contributed by atoms with E-state index < -0.39 is 16.1 Å². The van der Waals surface area contributed by atoms with Crippen LogP contribution in [0.25, 0.3) is 0 Å². The van der Waals surface area contributed by atoms with Gasteiger partial charge in [0.15, 0.2) is 0 Å². The van der Waals surface area contributed by atoms with Crippen molar-refractivity contribution < 1.29 is 22.7 Å². The molecule has 3 rings (SSSR count). The highest BCUT2D eigenvalue weighted by molar-refractivity contribution is 7.92. The van der Waals surface area contributed by atoms with Gasteiger partial charge in [0.25, 0.3) is 0 Å². The van der Waals surface area contributed by atoms with Crippen molar-refractivity contribution in [1.82, 2.24) is 10.2 Å². The van der Waals surface area contributed by atoms with Crippen LogP contribution in [0.3, 0.4) is 0 Å². The molecule has 0 spiro atoms. The predicted octanol–water partition coefficient (Wildman–Crippen LogP) is 4.33. The van der Waals surface area contributed by atoms with E-state index in [4.69, 9.17) is 4.74 Å². The van der Waals surface area contributed by atoms with Crippen LogP contribution in [0.4, 0.5) is 5.69 Å². The first-order valence-electron chi connectivity index (χ1n) is 13.4. The lowest BCUT2D eigenvalue weighted by molar-refractivity contribution is -0.141. The summed E-state index contributed by atoms with van der Waals surface area (Å²) in [7, 11) is -2.08. The van der Waals surface area contributed by atoms with Crippen LogP contribution in [-0.2, 0) is 32.6 Å². The Morgan fingerprint density at radius 1 is 0.975 bits per heavy atom. The third-order valence-corrected chi connectivity index (χ3v) is 7.91. The number of amides is 2. The van der Waals surface area contributed by atoms with Crippen molar-refractivity contribution in [2.24, 2.45) is 0 Å². The number of rotatable bonds is 14. The lowest BCUT2D eigenvalue weighted by Crippen LogP contribution is -2.50. The second-order valence-electron chi connectivity index (χ2n) is 9.69. The fourth-order valence-electron chi connectivity index (χ4n) is 4.59. The molecule has 3 aromatic rings. The number of benzene rings is 3. The fraction of sp³-hybridized carbons (Fsp3) is 0.355. The van der Waals surface area contributed by atoms with E-state index in [0.29, 0.717) is 24.4 Å². The smallest absolute Gasteiger partial charge is 0.243 e. The van der Waals surface area contributed by atoms with E-state index in [1.54, 1.807) is 29.2 Å². The summed E-state index contributed by atoms with van der Waals surface area (Å²) >= 11 is 0. The van der Waals surface area contributed by atoms with Crippen molar-refractivity contribution in [2.45, 2.75) is 45.7 Å². The fourth-order valence-corrected chi connectivity index (χ4v) is 5.54. The minimum atomic E-state index is -3.60. The summed E-state index contributed by atoms with van der Waals surface area (Å²) in [5.74, 6) is 0.106. The molecule has 0 radical (unpaired) electrons. The molecule has 40 heavy (non-hydrogen) atoms. The second kappa shape index (κ2) is 14.5. The molecular formula is C31H39N3O5S. The minimum Gasteiger partial charge on any atom is -0.497 e. The number of anilines is 1. The van der Waals surface area contributed by atoms with Crippen molar-refractivity contribution in [3.8, 4) is 5.75 Å². The molecule has 0 aliphatic carbocycles. The molecule has 3 aromatic carbocycles. The maximum absolute atomic E-state index is 13.8. The van der Waals surface area contributed by atoms with E-state index in [0.717, 1.165) is 22.9 Å². The summed E-state index contributed by atoms with van der Waals surface area (Å²) in [6.07, 6.45) is 1.86. The molecule has 0 heterocycles. The van der Waals surface area contributed by atoms with Gasteiger partial charge in [0.1, 0.15) is 11.8 Å². The van der Waals surface area contributed by atoms with Crippen molar-refractivity contribution in [3.63, 3.8) is 0 Å². The largest absolute Gasteiger partial charge is 0.497 e. The predicted molar refractivity (Wildman–Crippen MR) is 159 cm³/mol. The zero-order chi connectivity index (χ0) is 29.1. The average Bonchev–Trinajstić information content (AvgIpc) is 2.93. The highest BCUT2D eigenvalue weighted by Crippen LogP contribution is 2.24. The summed E-state index contributed by atoms with van der Waals surface area (Å²) in [5, 5.41) is 2.90. The number of hydrogen-bond donors (Lipinski definition) is 1. The van der Waals surface area contributed by atoms with E-state index >= 15 is 0 Å². The Hall–Kier alpha value is -3.85. The van der Waals surface area contributed by atoms with Crippen LogP contribution in [0.5, 0.6) is 5.75 Å². The summed E-state index contributed by atoms with van der Waals surface area (Å²) in [6.45, 7) is 4.66. The maximum Gasteiger partial charge on any atom is 0.243 e. The number of nitrogens with zero attached hydrogens (tertiary/aromatic N) is 2. The quantitative estimate of drug-likeness (QED) is 0.314. The lowest BCUT2D eigenvalue weighted by Gasteiger charge is -2.32. The van der Waals surface area contributed by atoms with Crippen LogP contribution in [-0.4, -0.2) is 57.6 Å². The number of carbonyl (C=O) groups excluding carboxylic acids is 2. The van der Waals surface area contributed by atoms with Gasteiger partial charge < -0.3 is 15.0 Å². The van der Waals surface area contributed by atoms with E-state index in [-0.39, 0.29) is 37.7 Å². The maximum atomic E-state index is 13.8. The molecule has 1 atom stereocenters. The van der Waals surface area contributed by atoms with E-state index in [1.165, 1.54) is 11.4 Å². The number of ether oxygens (including phenoxy) is 1. The molecule has 0 saturated heterocycles. The Bertz CT molecular complexity index is 1380. The first kappa shape index (κ1) is 30.7. The van der Waals surface area contributed by atoms with E-state index in [1.807, 2.05) is 68.4 Å². The number of hydrogen-bond acceptors (Lipinski definition) is 5. The highest BCUT2D eigenvalue weighted by atomic mass is 32.2. The van der Waals surface area contributed by atoms with Gasteiger partial charge in [0.2, 0.25) is 21.8 Å². The third-order valence-electron chi connectivity index (χ3n) is 6.72. The normalized spacial score (nSPS) is 11.9. The molecule has 8 nitrogen and oxygen atoms in total. The third kappa shape index (κ3) is 8.58. The molecule has 2 amide bonds. The average molecular weight is 566 g/mol. The SMILES string of the molecule is CCNC(=O)C(Cc1ccccc1)N(Cc1ccccc1C)C(=O)CCCN(c1cccc(OC)c1)S(C)(=O)=O. The Morgan fingerprint density at radius 3 is 2.33 bits per heavy atom. The molecule has 0 aromatic heterocycles. The van der Waals surface area contributed by atoms with Crippen molar-refractivity contribution in [3.05, 3.63) is 95.6 Å². The van der Waals surface area contributed by atoms with Gasteiger partial charge >= 0.3 is 0 Å². The highest BCUT2D eigenvalue weighted by Gasteiger charge is 2.30. The van der Waals surface area contributed by atoms with Crippen LogP contribution in [0.1, 0.15) is 36.5 Å². The van der Waals surface area contributed by atoms with Gasteiger partial charge in [-0.05, 0) is 49.1 Å². The topological polar surface area (TPSA) is 96.0 Å². The molecule has 0 aliphatic rings. The second-order valence-corrected chi connectivity index (χ2v) is 11.6. The van der Waals surface area contributed by atoms with Crippen LogP contribution in [0.2, 0.25) is 0 Å². The van der Waals surface area contributed by atoms with Crippen LogP contribution in [0, 0.1) is 6.92 Å². The molecule has 1 unspecified atom stereocenters. The molecule has 1 N–H and O–H groups in total. The van der Waals surface area contributed by atoms with Crippen molar-refractivity contribution >= 4 is 27.5 Å². The number of likely N-dealkylation sites (N-methyl/N-ethyl adjacent to an activating group) is 1. The molecule has 0 bridgehead atoms. The van der Waals surface area contributed by atoms with Crippen LogP contribution >= 0.6 is 0 Å². The monoisotopic (exact) mass is 565 g/mol. The molecule has 0 fully saturated rings. The first-order valence-corrected chi connectivity index (χ1v) is 15.3. The number of aryl methyl sites for hydroxylation is 1. The van der Waals surface area contributed by atoms with Crippen LogP contribution < -0.4 is 14.4 Å². The Labute approximate surface area is 238 Å². The first-order chi connectivity index (χ1) is 19.1. The van der Waals surface area contributed by atoms with Gasteiger partial charge in [0, 0.05) is 38.5 Å². The molecular weight excluding hydrogens is 526 g/mol. The molecule has 9 heteroatoms. The summed E-state index contributed by atoms with van der Waals surface area (Å²) < 4.78 is 31.8. The van der Waals surface area contributed by atoms with Crippen molar-refractivity contribution in [1.29, 1.82) is 0 Å². The van der Waals surface area contributed by atoms with Crippen molar-refractivity contribution in [2.75, 3.05) is 30.8 Å². The summed E-state index contributed by atoms with van der Waals surface area (Å²) in [4.78, 5) is 28.8. The minimum absolute atomic E-state index is 0.0760. The molecule has 0 aliphatic heterocycles.